The van der Waals surface area contributed by atoms with E-state index in [0.717, 1.165) is 12.1 Å². The molecule has 2 aromatic rings. The number of carbonyl (C=O) groups is 1. The van der Waals surface area contributed by atoms with Gasteiger partial charge >= 0.3 is 0 Å². The van der Waals surface area contributed by atoms with Crippen LogP contribution < -0.4 is 11.1 Å². The van der Waals surface area contributed by atoms with E-state index in [1.54, 1.807) is 19.3 Å². The van der Waals surface area contributed by atoms with Crippen molar-refractivity contribution >= 4 is 11.6 Å². The molecule has 0 spiro atoms. The Balaban J connectivity index is 2.19. The number of carbonyl (C=O) groups excluding carboxylic acids is 1. The quantitative estimate of drug-likeness (QED) is 0.740. The SMILES string of the molecule is CC(NC(=O)c1cc(F)c(F)cc1N)c1ncc[nH]1. The summed E-state index contributed by atoms with van der Waals surface area (Å²) in [5.41, 5.74) is 5.26. The maximum atomic E-state index is 13.1. The number of H-pyrrole nitrogens is 1. The Bertz CT molecular complexity index is 598. The maximum Gasteiger partial charge on any atom is 0.254 e. The Labute approximate surface area is 107 Å². The molecule has 1 heterocycles. The van der Waals surface area contributed by atoms with E-state index >= 15 is 0 Å². The summed E-state index contributed by atoms with van der Waals surface area (Å²) in [4.78, 5) is 18.7. The number of imidazole rings is 1. The van der Waals surface area contributed by atoms with E-state index in [1.165, 1.54) is 0 Å². The minimum absolute atomic E-state index is 0.114. The molecule has 1 amide bonds. The summed E-state index contributed by atoms with van der Waals surface area (Å²) < 4.78 is 26.0. The van der Waals surface area contributed by atoms with Crippen molar-refractivity contribution in [1.82, 2.24) is 15.3 Å². The zero-order valence-corrected chi connectivity index (χ0v) is 10.1. The second-order valence-corrected chi connectivity index (χ2v) is 4.02. The van der Waals surface area contributed by atoms with Gasteiger partial charge < -0.3 is 16.0 Å². The predicted molar refractivity (Wildman–Crippen MR) is 65.2 cm³/mol. The number of hydrogen-bond acceptors (Lipinski definition) is 3. The summed E-state index contributed by atoms with van der Waals surface area (Å²) in [5, 5.41) is 2.58. The molecule has 0 radical (unpaired) electrons. The second-order valence-electron chi connectivity index (χ2n) is 4.02. The summed E-state index contributed by atoms with van der Waals surface area (Å²) in [6, 6.07) is 1.14. The summed E-state index contributed by atoms with van der Waals surface area (Å²) in [5.74, 6) is -2.26. The number of amides is 1. The molecule has 1 unspecified atom stereocenters. The number of benzene rings is 1. The van der Waals surface area contributed by atoms with Gasteiger partial charge in [0.05, 0.1) is 11.6 Å². The van der Waals surface area contributed by atoms with Gasteiger partial charge in [-0.1, -0.05) is 0 Å². The van der Waals surface area contributed by atoms with Gasteiger partial charge in [-0.05, 0) is 13.0 Å². The zero-order chi connectivity index (χ0) is 14.0. The molecule has 4 N–H and O–H groups in total. The molecule has 19 heavy (non-hydrogen) atoms. The first-order valence-corrected chi connectivity index (χ1v) is 5.53. The average Bonchev–Trinajstić information content (AvgIpc) is 2.87. The smallest absolute Gasteiger partial charge is 0.254 e. The molecular weight excluding hydrogens is 254 g/mol. The third kappa shape index (κ3) is 2.70. The Morgan fingerprint density at radius 3 is 2.74 bits per heavy atom. The molecule has 0 fully saturated rings. The van der Waals surface area contributed by atoms with Gasteiger partial charge in [0.15, 0.2) is 11.6 Å². The first kappa shape index (κ1) is 13.0. The summed E-state index contributed by atoms with van der Waals surface area (Å²) in [6.07, 6.45) is 3.16. The van der Waals surface area contributed by atoms with Crippen LogP contribution in [-0.2, 0) is 0 Å². The summed E-state index contributed by atoms with van der Waals surface area (Å²) in [7, 11) is 0. The number of halogens is 2. The third-order valence-corrected chi connectivity index (χ3v) is 2.61. The lowest BCUT2D eigenvalue weighted by Crippen LogP contribution is -2.28. The van der Waals surface area contributed by atoms with Gasteiger partial charge in [-0.25, -0.2) is 13.8 Å². The molecule has 100 valence electrons. The summed E-state index contributed by atoms with van der Waals surface area (Å²) in [6.45, 7) is 1.70. The van der Waals surface area contributed by atoms with Gasteiger partial charge in [0, 0.05) is 24.1 Å². The molecule has 0 saturated heterocycles. The fourth-order valence-corrected chi connectivity index (χ4v) is 1.62. The van der Waals surface area contributed by atoms with Gasteiger partial charge in [-0.2, -0.15) is 0 Å². The number of anilines is 1. The number of aromatic nitrogens is 2. The van der Waals surface area contributed by atoms with Gasteiger partial charge in [0.1, 0.15) is 5.82 Å². The molecular formula is C12H12F2N4O. The standard InChI is InChI=1S/C12H12F2N4O/c1-6(11-16-2-3-17-11)18-12(19)7-4-8(13)9(14)5-10(7)15/h2-6H,15H2,1H3,(H,16,17)(H,18,19). The molecule has 0 aliphatic carbocycles. The molecule has 5 nitrogen and oxygen atoms in total. The van der Waals surface area contributed by atoms with Gasteiger partial charge in [0.2, 0.25) is 0 Å². The van der Waals surface area contributed by atoms with E-state index < -0.39 is 23.6 Å². The van der Waals surface area contributed by atoms with E-state index in [9.17, 15) is 13.6 Å². The van der Waals surface area contributed by atoms with Crippen LogP contribution in [0.2, 0.25) is 0 Å². The monoisotopic (exact) mass is 266 g/mol. The van der Waals surface area contributed by atoms with E-state index in [0.29, 0.717) is 5.82 Å². The van der Waals surface area contributed by atoms with Gasteiger partial charge in [-0.3, -0.25) is 4.79 Å². The molecule has 0 saturated carbocycles. The Hall–Kier alpha value is -2.44. The Kier molecular flexibility index (Phi) is 3.46. The van der Waals surface area contributed by atoms with Crippen LogP contribution in [0, 0.1) is 11.6 Å². The number of aromatic amines is 1. The van der Waals surface area contributed by atoms with E-state index in [2.05, 4.69) is 15.3 Å². The highest BCUT2D eigenvalue weighted by Gasteiger charge is 2.17. The third-order valence-electron chi connectivity index (χ3n) is 2.61. The predicted octanol–water partition coefficient (Wildman–Crippen LogP) is 1.76. The maximum absolute atomic E-state index is 13.1. The van der Waals surface area contributed by atoms with E-state index in [4.69, 9.17) is 5.73 Å². The van der Waals surface area contributed by atoms with Crippen molar-refractivity contribution < 1.29 is 13.6 Å². The first-order chi connectivity index (χ1) is 8.99. The highest BCUT2D eigenvalue weighted by molar-refractivity contribution is 5.99. The highest BCUT2D eigenvalue weighted by Crippen LogP contribution is 2.18. The van der Waals surface area contributed by atoms with Crippen molar-refractivity contribution in [2.75, 3.05) is 5.73 Å². The van der Waals surface area contributed by atoms with Crippen molar-refractivity contribution in [2.24, 2.45) is 0 Å². The van der Waals surface area contributed by atoms with Crippen molar-refractivity contribution in [1.29, 1.82) is 0 Å². The lowest BCUT2D eigenvalue weighted by atomic mass is 10.1. The lowest BCUT2D eigenvalue weighted by molar-refractivity contribution is 0.0939. The molecule has 0 bridgehead atoms. The normalized spacial score (nSPS) is 12.2. The molecule has 0 aliphatic rings. The molecule has 1 atom stereocenters. The van der Waals surface area contributed by atoms with Gasteiger partial charge in [-0.15, -0.1) is 0 Å². The average molecular weight is 266 g/mol. The van der Waals surface area contributed by atoms with Crippen LogP contribution in [0.15, 0.2) is 24.5 Å². The molecule has 7 heteroatoms. The minimum Gasteiger partial charge on any atom is -0.398 e. The van der Waals surface area contributed by atoms with Gasteiger partial charge in [0.25, 0.3) is 5.91 Å². The molecule has 1 aromatic heterocycles. The number of nitrogens with two attached hydrogens (primary N) is 1. The number of nitrogens with one attached hydrogen (secondary N) is 2. The number of hydrogen-bond donors (Lipinski definition) is 3. The Morgan fingerprint density at radius 2 is 2.11 bits per heavy atom. The molecule has 2 rings (SSSR count). The fourth-order valence-electron chi connectivity index (χ4n) is 1.62. The van der Waals surface area contributed by atoms with Crippen LogP contribution in [-0.4, -0.2) is 15.9 Å². The van der Waals surface area contributed by atoms with Crippen LogP contribution in [0.4, 0.5) is 14.5 Å². The van der Waals surface area contributed by atoms with Crippen LogP contribution in [0.3, 0.4) is 0 Å². The number of rotatable bonds is 3. The number of nitrogen functional groups attached to an aromatic ring is 1. The summed E-state index contributed by atoms with van der Waals surface area (Å²) >= 11 is 0. The van der Waals surface area contributed by atoms with E-state index in [-0.39, 0.29) is 11.3 Å². The van der Waals surface area contributed by atoms with E-state index in [1.807, 2.05) is 0 Å². The van der Waals surface area contributed by atoms with Crippen molar-refractivity contribution in [3.8, 4) is 0 Å². The van der Waals surface area contributed by atoms with Crippen LogP contribution in [0.5, 0.6) is 0 Å². The van der Waals surface area contributed by atoms with Crippen LogP contribution >= 0.6 is 0 Å². The molecule has 1 aromatic carbocycles. The number of nitrogens with zero attached hydrogens (tertiary/aromatic N) is 1. The van der Waals surface area contributed by atoms with Crippen LogP contribution in [0.1, 0.15) is 29.1 Å². The van der Waals surface area contributed by atoms with Crippen molar-refractivity contribution in [2.45, 2.75) is 13.0 Å². The highest BCUT2D eigenvalue weighted by atomic mass is 19.2. The lowest BCUT2D eigenvalue weighted by Gasteiger charge is -2.13. The first-order valence-electron chi connectivity index (χ1n) is 5.53. The van der Waals surface area contributed by atoms with Crippen molar-refractivity contribution in [3.05, 3.63) is 47.5 Å². The topological polar surface area (TPSA) is 83.8 Å². The largest absolute Gasteiger partial charge is 0.398 e. The Morgan fingerprint density at radius 1 is 1.42 bits per heavy atom. The minimum atomic E-state index is -1.12. The zero-order valence-electron chi connectivity index (χ0n) is 10.1. The van der Waals surface area contributed by atoms with Crippen molar-refractivity contribution in [3.63, 3.8) is 0 Å². The molecule has 0 aliphatic heterocycles. The second kappa shape index (κ2) is 5.05. The van der Waals surface area contributed by atoms with Crippen LogP contribution in [0.25, 0.3) is 0 Å². The fraction of sp³-hybridized carbons (Fsp3) is 0.167.